The van der Waals surface area contributed by atoms with Crippen LogP contribution in [0.25, 0.3) is 0 Å². The first-order valence-corrected chi connectivity index (χ1v) is 9.29. The highest BCUT2D eigenvalue weighted by molar-refractivity contribution is 6.04. The van der Waals surface area contributed by atoms with Crippen LogP contribution in [-0.4, -0.2) is 10.9 Å². The third-order valence-corrected chi connectivity index (χ3v) is 4.29. The lowest BCUT2D eigenvalue weighted by Gasteiger charge is -2.20. The number of ether oxygens (including phenoxy) is 1. The molecule has 27 heavy (non-hydrogen) atoms. The second-order valence-corrected chi connectivity index (χ2v) is 6.38. The molecular weight excluding hydrogens is 336 g/mol. The number of rotatable bonds is 8. The Hall–Kier alpha value is -3.14. The molecule has 2 aromatic carbocycles. The number of anilines is 1. The average molecular weight is 360 g/mol. The maximum Gasteiger partial charge on any atom is 0.255 e. The topological polar surface area (TPSA) is 51.2 Å². The van der Waals surface area contributed by atoms with E-state index in [1.807, 2.05) is 30.3 Å². The van der Waals surface area contributed by atoms with E-state index >= 15 is 0 Å². The summed E-state index contributed by atoms with van der Waals surface area (Å²) in [6.07, 6.45) is 6.40. The SMILES string of the molecule is CCCCC(Oc1cccc(C(=O)Nc2cccnc2)c1)c1ccccc1. The minimum Gasteiger partial charge on any atom is -0.486 e. The summed E-state index contributed by atoms with van der Waals surface area (Å²) >= 11 is 0. The van der Waals surface area contributed by atoms with Crippen LogP contribution in [0.15, 0.2) is 79.1 Å². The molecule has 1 unspecified atom stereocenters. The van der Waals surface area contributed by atoms with Gasteiger partial charge in [0.2, 0.25) is 0 Å². The van der Waals surface area contributed by atoms with Gasteiger partial charge in [-0.25, -0.2) is 0 Å². The minimum absolute atomic E-state index is 0.0252. The molecule has 4 heteroatoms. The Kier molecular flexibility index (Phi) is 6.58. The van der Waals surface area contributed by atoms with Crippen LogP contribution in [0, 0.1) is 0 Å². The zero-order valence-electron chi connectivity index (χ0n) is 15.5. The van der Waals surface area contributed by atoms with Crippen LogP contribution in [0.5, 0.6) is 5.75 Å². The molecule has 1 aromatic heterocycles. The third-order valence-electron chi connectivity index (χ3n) is 4.29. The van der Waals surface area contributed by atoms with Crippen molar-refractivity contribution in [3.05, 3.63) is 90.3 Å². The zero-order chi connectivity index (χ0) is 18.9. The summed E-state index contributed by atoms with van der Waals surface area (Å²) < 4.78 is 6.25. The summed E-state index contributed by atoms with van der Waals surface area (Å²) in [4.78, 5) is 16.5. The van der Waals surface area contributed by atoms with Crippen molar-refractivity contribution in [1.82, 2.24) is 4.98 Å². The number of hydrogen-bond donors (Lipinski definition) is 1. The molecule has 0 spiro atoms. The molecule has 3 aromatic rings. The molecule has 3 rings (SSSR count). The van der Waals surface area contributed by atoms with Gasteiger partial charge < -0.3 is 10.1 Å². The lowest BCUT2D eigenvalue weighted by molar-refractivity contribution is 0.102. The maximum absolute atomic E-state index is 12.5. The van der Waals surface area contributed by atoms with Crippen molar-refractivity contribution in [3.8, 4) is 5.75 Å². The lowest BCUT2D eigenvalue weighted by Crippen LogP contribution is -2.13. The largest absolute Gasteiger partial charge is 0.486 e. The lowest BCUT2D eigenvalue weighted by atomic mass is 10.0. The third kappa shape index (κ3) is 5.42. The van der Waals surface area contributed by atoms with Crippen LogP contribution in [0.1, 0.15) is 48.2 Å². The van der Waals surface area contributed by atoms with Gasteiger partial charge in [-0.05, 0) is 48.7 Å². The van der Waals surface area contributed by atoms with Gasteiger partial charge in [-0.3, -0.25) is 9.78 Å². The fourth-order valence-electron chi connectivity index (χ4n) is 2.87. The van der Waals surface area contributed by atoms with Gasteiger partial charge in [-0.2, -0.15) is 0 Å². The first-order chi connectivity index (χ1) is 13.3. The van der Waals surface area contributed by atoms with E-state index in [-0.39, 0.29) is 12.0 Å². The molecule has 1 amide bonds. The molecule has 0 saturated heterocycles. The first-order valence-electron chi connectivity index (χ1n) is 9.29. The van der Waals surface area contributed by atoms with Crippen LogP contribution in [0.2, 0.25) is 0 Å². The molecule has 0 aliphatic rings. The van der Waals surface area contributed by atoms with Gasteiger partial charge in [0.15, 0.2) is 0 Å². The van der Waals surface area contributed by atoms with Crippen molar-refractivity contribution in [1.29, 1.82) is 0 Å². The van der Waals surface area contributed by atoms with E-state index in [0.29, 0.717) is 17.0 Å². The van der Waals surface area contributed by atoms with Gasteiger partial charge in [-0.1, -0.05) is 49.7 Å². The molecule has 0 aliphatic carbocycles. The Morgan fingerprint density at radius 1 is 1.07 bits per heavy atom. The highest BCUT2D eigenvalue weighted by atomic mass is 16.5. The molecule has 0 aliphatic heterocycles. The highest BCUT2D eigenvalue weighted by Gasteiger charge is 2.14. The molecule has 0 radical (unpaired) electrons. The smallest absolute Gasteiger partial charge is 0.255 e. The number of aromatic nitrogens is 1. The highest BCUT2D eigenvalue weighted by Crippen LogP contribution is 2.27. The summed E-state index contributed by atoms with van der Waals surface area (Å²) in [5.74, 6) is 0.511. The molecule has 1 atom stereocenters. The van der Waals surface area contributed by atoms with Crippen molar-refractivity contribution in [2.45, 2.75) is 32.3 Å². The Morgan fingerprint density at radius 3 is 2.67 bits per heavy atom. The van der Waals surface area contributed by atoms with Gasteiger partial charge in [0.25, 0.3) is 5.91 Å². The molecule has 1 heterocycles. The van der Waals surface area contributed by atoms with E-state index in [2.05, 4.69) is 29.4 Å². The molecular formula is C23H24N2O2. The van der Waals surface area contributed by atoms with Gasteiger partial charge >= 0.3 is 0 Å². The average Bonchev–Trinajstić information content (AvgIpc) is 2.72. The Labute approximate surface area is 160 Å². The summed E-state index contributed by atoms with van der Waals surface area (Å²) in [5.41, 5.74) is 2.37. The van der Waals surface area contributed by atoms with Crippen LogP contribution in [0.3, 0.4) is 0 Å². The van der Waals surface area contributed by atoms with Gasteiger partial charge in [0.1, 0.15) is 11.9 Å². The van der Waals surface area contributed by atoms with Gasteiger partial charge in [0.05, 0.1) is 11.9 Å². The standard InChI is InChI=1S/C23H24N2O2/c1-2-3-14-22(18-9-5-4-6-10-18)27-21-13-7-11-19(16-21)23(26)25-20-12-8-15-24-17-20/h4-13,15-17,22H,2-3,14H2,1H3,(H,25,26). The summed E-state index contributed by atoms with van der Waals surface area (Å²) in [5, 5.41) is 2.85. The predicted octanol–water partition coefficient (Wildman–Crippen LogP) is 5.64. The zero-order valence-corrected chi connectivity index (χ0v) is 15.5. The summed E-state index contributed by atoms with van der Waals surface area (Å²) in [6.45, 7) is 2.17. The van der Waals surface area contributed by atoms with Gasteiger partial charge in [-0.15, -0.1) is 0 Å². The van der Waals surface area contributed by atoms with E-state index < -0.39 is 0 Å². The fraction of sp³-hybridized carbons (Fsp3) is 0.217. The summed E-state index contributed by atoms with van der Waals surface area (Å²) in [7, 11) is 0. The van der Waals surface area contributed by atoms with E-state index in [9.17, 15) is 4.79 Å². The second-order valence-electron chi connectivity index (χ2n) is 6.38. The van der Waals surface area contributed by atoms with E-state index in [1.165, 1.54) is 0 Å². The molecule has 1 N–H and O–H groups in total. The van der Waals surface area contributed by atoms with Crippen molar-refractivity contribution in [2.75, 3.05) is 5.32 Å². The number of carbonyl (C=O) groups excluding carboxylic acids is 1. The fourth-order valence-corrected chi connectivity index (χ4v) is 2.87. The number of benzene rings is 2. The van der Waals surface area contributed by atoms with Crippen LogP contribution < -0.4 is 10.1 Å². The van der Waals surface area contributed by atoms with Crippen LogP contribution in [0.4, 0.5) is 5.69 Å². The predicted molar refractivity (Wildman–Crippen MR) is 108 cm³/mol. The van der Waals surface area contributed by atoms with Crippen molar-refractivity contribution < 1.29 is 9.53 Å². The number of unbranched alkanes of at least 4 members (excludes halogenated alkanes) is 1. The molecule has 0 saturated carbocycles. The molecule has 138 valence electrons. The number of carbonyl (C=O) groups is 1. The van der Waals surface area contributed by atoms with Crippen molar-refractivity contribution in [2.24, 2.45) is 0 Å². The number of pyridine rings is 1. The van der Waals surface area contributed by atoms with Crippen LogP contribution in [-0.2, 0) is 0 Å². The van der Waals surface area contributed by atoms with E-state index in [0.717, 1.165) is 24.8 Å². The minimum atomic E-state index is -0.182. The molecule has 0 fully saturated rings. The van der Waals surface area contributed by atoms with Crippen LogP contribution >= 0.6 is 0 Å². The molecule has 0 bridgehead atoms. The monoisotopic (exact) mass is 360 g/mol. The van der Waals surface area contributed by atoms with E-state index in [1.54, 1.807) is 36.7 Å². The number of nitrogens with zero attached hydrogens (tertiary/aromatic N) is 1. The quantitative estimate of drug-likeness (QED) is 0.565. The first kappa shape index (κ1) is 18.6. The second kappa shape index (κ2) is 9.53. The maximum atomic E-state index is 12.5. The van der Waals surface area contributed by atoms with E-state index in [4.69, 9.17) is 4.74 Å². The van der Waals surface area contributed by atoms with Crippen molar-refractivity contribution in [3.63, 3.8) is 0 Å². The Bertz CT molecular complexity index is 851. The molecule has 4 nitrogen and oxygen atoms in total. The number of nitrogens with one attached hydrogen (secondary N) is 1. The number of amides is 1. The van der Waals surface area contributed by atoms with Gasteiger partial charge in [0, 0.05) is 11.8 Å². The Balaban J connectivity index is 1.74. The number of hydrogen-bond acceptors (Lipinski definition) is 3. The normalized spacial score (nSPS) is 11.6. The Morgan fingerprint density at radius 2 is 1.93 bits per heavy atom. The van der Waals surface area contributed by atoms with Crippen molar-refractivity contribution >= 4 is 11.6 Å². The summed E-state index contributed by atoms with van der Waals surface area (Å²) in [6, 6.07) is 21.1.